The summed E-state index contributed by atoms with van der Waals surface area (Å²) in [6.07, 6.45) is 1.65. The second-order valence-corrected chi connectivity index (χ2v) is 5.16. The quantitative estimate of drug-likeness (QED) is 0.889. The number of hydrogen-bond acceptors (Lipinski definition) is 5. The summed E-state index contributed by atoms with van der Waals surface area (Å²) < 4.78 is 1.51. The molecule has 0 aliphatic rings. The fourth-order valence-corrected chi connectivity index (χ4v) is 2.37. The van der Waals surface area contributed by atoms with Gasteiger partial charge >= 0.3 is 5.97 Å². The van der Waals surface area contributed by atoms with E-state index in [-0.39, 0.29) is 18.1 Å². The highest BCUT2D eigenvalue weighted by Crippen LogP contribution is 2.23. The van der Waals surface area contributed by atoms with E-state index in [1.807, 2.05) is 0 Å². The van der Waals surface area contributed by atoms with Crippen molar-refractivity contribution in [3.05, 3.63) is 17.3 Å². The molecule has 0 bridgehead atoms. The fourth-order valence-electron chi connectivity index (χ4n) is 1.66. The molecule has 1 N–H and O–H groups in total. The molecule has 102 valence electrons. The highest BCUT2D eigenvalue weighted by Gasteiger charge is 2.23. The number of likely N-dealkylation sites (N-methyl/N-ethyl adjacent to an activating group) is 2. The Hall–Kier alpha value is -2.09. The van der Waals surface area contributed by atoms with Crippen LogP contribution in [0, 0.1) is 0 Å². The molecular formula is C11H14N4O3S. The lowest BCUT2D eigenvalue weighted by Gasteiger charge is -2.19. The number of aromatic nitrogens is 2. The predicted molar refractivity (Wildman–Crippen MR) is 72.0 cm³/mol. The van der Waals surface area contributed by atoms with Gasteiger partial charge in [0.15, 0.2) is 16.5 Å². The van der Waals surface area contributed by atoms with Crippen molar-refractivity contribution < 1.29 is 14.7 Å². The van der Waals surface area contributed by atoms with Gasteiger partial charge in [0.05, 0.1) is 6.54 Å². The average Bonchev–Trinajstić information content (AvgIpc) is 2.86. The third kappa shape index (κ3) is 2.39. The Balaban J connectivity index is 2.38. The lowest BCUT2D eigenvalue weighted by molar-refractivity contribution is -0.127. The minimum atomic E-state index is -1.06. The largest absolute Gasteiger partial charge is 0.476 e. The highest BCUT2D eigenvalue weighted by atomic mass is 32.1. The summed E-state index contributed by atoms with van der Waals surface area (Å²) in [4.78, 5) is 30.9. The zero-order chi connectivity index (χ0) is 14.2. The van der Waals surface area contributed by atoms with Crippen LogP contribution in [0.1, 0.15) is 10.5 Å². The Labute approximate surface area is 113 Å². The maximum atomic E-state index is 11.7. The number of rotatable bonds is 4. The van der Waals surface area contributed by atoms with E-state index in [1.54, 1.807) is 37.6 Å². The molecule has 2 aromatic heterocycles. The number of fused-ring (bicyclic) bond motifs is 1. The number of hydrogen-bond donors (Lipinski definition) is 1. The summed E-state index contributed by atoms with van der Waals surface area (Å²) in [5.41, 5.74) is 0.0744. The Morgan fingerprint density at radius 3 is 2.68 bits per heavy atom. The van der Waals surface area contributed by atoms with Gasteiger partial charge in [0, 0.05) is 32.7 Å². The summed E-state index contributed by atoms with van der Waals surface area (Å²) in [5.74, 6) is -0.880. The van der Waals surface area contributed by atoms with E-state index in [2.05, 4.69) is 4.98 Å². The summed E-state index contributed by atoms with van der Waals surface area (Å²) in [7, 11) is 4.96. The van der Waals surface area contributed by atoms with E-state index >= 15 is 0 Å². The van der Waals surface area contributed by atoms with Gasteiger partial charge in [-0.25, -0.2) is 9.78 Å². The molecule has 0 aliphatic heterocycles. The van der Waals surface area contributed by atoms with Crippen LogP contribution in [-0.4, -0.2) is 59.0 Å². The van der Waals surface area contributed by atoms with Gasteiger partial charge in [0.1, 0.15) is 0 Å². The second-order valence-electron chi connectivity index (χ2n) is 4.29. The number of imidazole rings is 1. The summed E-state index contributed by atoms with van der Waals surface area (Å²) in [6.45, 7) is 0.0815. The SMILES string of the molecule is CN(C)C(=O)CN(C)c1nc2sccn2c1C(=O)O. The molecule has 0 aromatic carbocycles. The molecule has 0 saturated heterocycles. The third-order valence-corrected chi connectivity index (χ3v) is 3.44. The molecule has 0 aliphatic carbocycles. The van der Waals surface area contributed by atoms with Crippen LogP contribution in [0.3, 0.4) is 0 Å². The van der Waals surface area contributed by atoms with Gasteiger partial charge in [-0.05, 0) is 0 Å². The number of thiazole rings is 1. The van der Waals surface area contributed by atoms with Crippen molar-refractivity contribution in [2.75, 3.05) is 32.6 Å². The van der Waals surface area contributed by atoms with Crippen molar-refractivity contribution in [1.82, 2.24) is 14.3 Å². The molecule has 2 aromatic rings. The number of carboxylic acids is 1. The number of amides is 1. The normalized spacial score (nSPS) is 10.7. The first kappa shape index (κ1) is 13.3. The standard InChI is InChI=1S/C11H14N4O3S/c1-13(2)7(16)6-14(3)9-8(10(17)18)15-4-5-19-11(15)12-9/h4-5H,6H2,1-3H3,(H,17,18). The zero-order valence-corrected chi connectivity index (χ0v) is 11.6. The summed E-state index contributed by atoms with van der Waals surface area (Å²) in [6, 6.07) is 0. The van der Waals surface area contributed by atoms with E-state index in [0.717, 1.165) is 0 Å². The minimum absolute atomic E-state index is 0.0744. The van der Waals surface area contributed by atoms with Gasteiger partial charge in [-0.15, -0.1) is 11.3 Å². The molecule has 1 amide bonds. The topological polar surface area (TPSA) is 78.2 Å². The number of aromatic carboxylic acids is 1. The first-order valence-electron chi connectivity index (χ1n) is 5.52. The Morgan fingerprint density at radius 1 is 1.42 bits per heavy atom. The zero-order valence-electron chi connectivity index (χ0n) is 10.8. The third-order valence-electron chi connectivity index (χ3n) is 2.68. The van der Waals surface area contributed by atoms with E-state index in [1.165, 1.54) is 20.6 Å². The van der Waals surface area contributed by atoms with Gasteiger partial charge in [-0.2, -0.15) is 0 Å². The molecule has 0 unspecified atom stereocenters. The van der Waals surface area contributed by atoms with Gasteiger partial charge < -0.3 is 14.9 Å². The van der Waals surface area contributed by atoms with Gasteiger partial charge in [-0.3, -0.25) is 9.20 Å². The van der Waals surface area contributed by atoms with Gasteiger partial charge in [0.2, 0.25) is 5.91 Å². The van der Waals surface area contributed by atoms with Crippen LogP contribution in [0.15, 0.2) is 11.6 Å². The van der Waals surface area contributed by atoms with Crippen LogP contribution in [0.2, 0.25) is 0 Å². The molecule has 0 radical (unpaired) electrons. The molecule has 0 atom stereocenters. The van der Waals surface area contributed by atoms with Crippen molar-refractivity contribution in [2.45, 2.75) is 0 Å². The van der Waals surface area contributed by atoms with Crippen LogP contribution in [0.4, 0.5) is 5.82 Å². The molecular weight excluding hydrogens is 268 g/mol. The predicted octanol–water partition coefficient (Wildman–Crippen LogP) is 0.618. The fraction of sp³-hybridized carbons (Fsp3) is 0.364. The minimum Gasteiger partial charge on any atom is -0.476 e. The lowest BCUT2D eigenvalue weighted by Crippen LogP contribution is -2.35. The van der Waals surface area contributed by atoms with E-state index in [0.29, 0.717) is 10.8 Å². The average molecular weight is 282 g/mol. The Morgan fingerprint density at radius 2 is 2.11 bits per heavy atom. The van der Waals surface area contributed by atoms with Gasteiger partial charge in [0.25, 0.3) is 0 Å². The van der Waals surface area contributed by atoms with Crippen LogP contribution < -0.4 is 4.90 Å². The molecule has 7 nitrogen and oxygen atoms in total. The molecule has 0 fully saturated rings. The number of nitrogens with zero attached hydrogens (tertiary/aromatic N) is 4. The molecule has 8 heteroatoms. The lowest BCUT2D eigenvalue weighted by atomic mass is 10.4. The van der Waals surface area contributed by atoms with Crippen molar-refractivity contribution in [3.63, 3.8) is 0 Å². The van der Waals surface area contributed by atoms with E-state index < -0.39 is 5.97 Å². The number of carbonyl (C=O) groups excluding carboxylic acids is 1. The van der Waals surface area contributed by atoms with Crippen molar-refractivity contribution in [1.29, 1.82) is 0 Å². The van der Waals surface area contributed by atoms with Crippen LogP contribution >= 0.6 is 11.3 Å². The molecule has 19 heavy (non-hydrogen) atoms. The smallest absolute Gasteiger partial charge is 0.356 e. The molecule has 0 saturated carbocycles. The first-order valence-corrected chi connectivity index (χ1v) is 6.40. The summed E-state index contributed by atoms with van der Waals surface area (Å²) >= 11 is 1.35. The van der Waals surface area contributed by atoms with Crippen LogP contribution in [-0.2, 0) is 4.79 Å². The molecule has 2 heterocycles. The maximum Gasteiger partial charge on any atom is 0.356 e. The Bertz CT molecular complexity index is 631. The highest BCUT2D eigenvalue weighted by molar-refractivity contribution is 7.15. The van der Waals surface area contributed by atoms with Gasteiger partial charge in [-0.1, -0.05) is 0 Å². The first-order chi connectivity index (χ1) is 8.91. The van der Waals surface area contributed by atoms with E-state index in [4.69, 9.17) is 0 Å². The second kappa shape index (κ2) is 4.88. The number of anilines is 1. The maximum absolute atomic E-state index is 11.7. The Kier molecular flexibility index (Phi) is 3.43. The summed E-state index contributed by atoms with van der Waals surface area (Å²) in [5, 5.41) is 11.1. The van der Waals surface area contributed by atoms with Crippen LogP contribution in [0.25, 0.3) is 4.96 Å². The molecule has 0 spiro atoms. The molecule has 2 rings (SSSR count). The monoisotopic (exact) mass is 282 g/mol. The number of carboxylic acid groups (broad SMARTS) is 1. The van der Waals surface area contributed by atoms with Crippen molar-refractivity contribution in [2.24, 2.45) is 0 Å². The number of carbonyl (C=O) groups is 2. The van der Waals surface area contributed by atoms with E-state index in [9.17, 15) is 14.7 Å². The van der Waals surface area contributed by atoms with Crippen molar-refractivity contribution in [3.8, 4) is 0 Å². The van der Waals surface area contributed by atoms with Crippen molar-refractivity contribution >= 4 is 34.0 Å². The van der Waals surface area contributed by atoms with Crippen LogP contribution in [0.5, 0.6) is 0 Å².